The van der Waals surface area contributed by atoms with E-state index in [0.717, 1.165) is 16.8 Å². The lowest BCUT2D eigenvalue weighted by Crippen LogP contribution is -2.14. The molecule has 0 saturated carbocycles. The van der Waals surface area contributed by atoms with Gasteiger partial charge in [-0.15, -0.1) is 0 Å². The fraction of sp³-hybridized carbons (Fsp3) is 0.222. The number of benzene rings is 2. The number of anilines is 2. The fourth-order valence-corrected chi connectivity index (χ4v) is 2.47. The minimum Gasteiger partial charge on any atom is -0.326 e. The first-order valence-electron chi connectivity index (χ1n) is 7.13. The maximum atomic E-state index is 12.3. The van der Waals surface area contributed by atoms with E-state index in [2.05, 4.69) is 10.6 Å². The largest absolute Gasteiger partial charge is 0.326 e. The van der Waals surface area contributed by atoms with Crippen LogP contribution in [0, 0.1) is 20.8 Å². The predicted molar refractivity (Wildman–Crippen MR) is 89.4 cm³/mol. The second kappa shape index (κ2) is 6.43. The van der Waals surface area contributed by atoms with Crippen LogP contribution in [0.25, 0.3) is 0 Å². The normalized spacial score (nSPS) is 10.2. The van der Waals surface area contributed by atoms with Gasteiger partial charge in [-0.25, -0.2) is 0 Å². The van der Waals surface area contributed by atoms with Crippen molar-refractivity contribution in [3.05, 3.63) is 58.7 Å². The van der Waals surface area contributed by atoms with Crippen molar-refractivity contribution in [2.24, 2.45) is 0 Å². The Kier molecular flexibility index (Phi) is 4.61. The molecule has 0 bridgehead atoms. The van der Waals surface area contributed by atoms with Crippen molar-refractivity contribution >= 4 is 23.2 Å². The highest BCUT2D eigenvalue weighted by molar-refractivity contribution is 6.05. The van der Waals surface area contributed by atoms with Crippen molar-refractivity contribution in [2.45, 2.75) is 27.7 Å². The summed E-state index contributed by atoms with van der Waals surface area (Å²) >= 11 is 0. The van der Waals surface area contributed by atoms with Crippen LogP contribution in [0.2, 0.25) is 0 Å². The molecule has 0 spiro atoms. The quantitative estimate of drug-likeness (QED) is 0.904. The van der Waals surface area contributed by atoms with Crippen LogP contribution < -0.4 is 10.6 Å². The monoisotopic (exact) mass is 296 g/mol. The lowest BCUT2D eigenvalue weighted by atomic mass is 10.0. The number of amides is 2. The third-order valence-corrected chi connectivity index (χ3v) is 3.38. The number of hydrogen-bond donors (Lipinski definition) is 2. The Labute approximate surface area is 130 Å². The molecule has 4 heteroatoms. The molecule has 0 aliphatic carbocycles. The third-order valence-electron chi connectivity index (χ3n) is 3.38. The summed E-state index contributed by atoms with van der Waals surface area (Å²) in [5.74, 6) is -0.299. The van der Waals surface area contributed by atoms with Crippen molar-refractivity contribution in [2.75, 3.05) is 10.6 Å². The molecular formula is C18H20N2O2. The highest BCUT2D eigenvalue weighted by Crippen LogP contribution is 2.22. The van der Waals surface area contributed by atoms with Crippen LogP contribution in [-0.4, -0.2) is 11.8 Å². The number of hydrogen-bond acceptors (Lipinski definition) is 2. The summed E-state index contributed by atoms with van der Waals surface area (Å²) in [6.07, 6.45) is 0. The molecule has 2 aromatic rings. The Balaban J connectivity index is 2.17. The number of aryl methyl sites for hydroxylation is 3. The third kappa shape index (κ3) is 3.73. The van der Waals surface area contributed by atoms with Crippen molar-refractivity contribution < 1.29 is 9.59 Å². The van der Waals surface area contributed by atoms with Gasteiger partial charge in [0.15, 0.2) is 0 Å². The SMILES string of the molecule is CC(=O)Nc1ccc(C(=O)Nc2c(C)cc(C)cc2C)cc1. The first-order valence-corrected chi connectivity index (χ1v) is 7.13. The molecule has 22 heavy (non-hydrogen) atoms. The van der Waals surface area contributed by atoms with Gasteiger partial charge in [0.05, 0.1) is 0 Å². The lowest BCUT2D eigenvalue weighted by Gasteiger charge is -2.13. The molecule has 4 nitrogen and oxygen atoms in total. The Morgan fingerprint density at radius 2 is 1.41 bits per heavy atom. The van der Waals surface area contributed by atoms with E-state index < -0.39 is 0 Å². The van der Waals surface area contributed by atoms with E-state index >= 15 is 0 Å². The van der Waals surface area contributed by atoms with Gasteiger partial charge in [0.2, 0.25) is 5.91 Å². The van der Waals surface area contributed by atoms with Crippen LogP contribution in [-0.2, 0) is 4.79 Å². The minimum absolute atomic E-state index is 0.136. The second-order valence-electron chi connectivity index (χ2n) is 5.49. The van der Waals surface area contributed by atoms with Gasteiger partial charge in [-0.3, -0.25) is 9.59 Å². The molecule has 2 rings (SSSR count). The van der Waals surface area contributed by atoms with Crippen LogP contribution >= 0.6 is 0 Å². The maximum absolute atomic E-state index is 12.3. The van der Waals surface area contributed by atoms with Crippen LogP contribution in [0.1, 0.15) is 34.0 Å². The van der Waals surface area contributed by atoms with E-state index in [1.165, 1.54) is 12.5 Å². The van der Waals surface area contributed by atoms with E-state index in [0.29, 0.717) is 11.3 Å². The number of nitrogens with one attached hydrogen (secondary N) is 2. The zero-order chi connectivity index (χ0) is 16.3. The van der Waals surface area contributed by atoms with Gasteiger partial charge in [0.25, 0.3) is 5.91 Å². The smallest absolute Gasteiger partial charge is 0.255 e. The Hall–Kier alpha value is -2.62. The van der Waals surface area contributed by atoms with Gasteiger partial charge in [-0.2, -0.15) is 0 Å². The molecule has 0 aromatic heterocycles. The molecule has 0 radical (unpaired) electrons. The molecule has 0 aliphatic rings. The minimum atomic E-state index is -0.163. The van der Waals surface area contributed by atoms with Crippen LogP contribution in [0.3, 0.4) is 0 Å². The van der Waals surface area contributed by atoms with Crippen LogP contribution in [0.5, 0.6) is 0 Å². The van der Waals surface area contributed by atoms with Gasteiger partial charge in [-0.05, 0) is 56.2 Å². The summed E-state index contributed by atoms with van der Waals surface area (Å²) in [7, 11) is 0. The van der Waals surface area contributed by atoms with Crippen LogP contribution in [0.15, 0.2) is 36.4 Å². The topological polar surface area (TPSA) is 58.2 Å². The Morgan fingerprint density at radius 3 is 1.91 bits per heavy atom. The molecule has 0 saturated heterocycles. The second-order valence-corrected chi connectivity index (χ2v) is 5.49. The zero-order valence-electron chi connectivity index (χ0n) is 13.3. The molecule has 114 valence electrons. The van der Waals surface area contributed by atoms with Crippen molar-refractivity contribution in [1.82, 2.24) is 0 Å². The highest BCUT2D eigenvalue weighted by atomic mass is 16.2. The number of carbonyl (C=O) groups excluding carboxylic acids is 2. The fourth-order valence-electron chi connectivity index (χ4n) is 2.47. The average Bonchev–Trinajstić information content (AvgIpc) is 2.42. The molecular weight excluding hydrogens is 276 g/mol. The van der Waals surface area contributed by atoms with Crippen molar-refractivity contribution in [3.8, 4) is 0 Å². The van der Waals surface area contributed by atoms with E-state index in [4.69, 9.17) is 0 Å². The maximum Gasteiger partial charge on any atom is 0.255 e. The van der Waals surface area contributed by atoms with Crippen molar-refractivity contribution in [3.63, 3.8) is 0 Å². The van der Waals surface area contributed by atoms with Gasteiger partial charge in [0.1, 0.15) is 0 Å². The van der Waals surface area contributed by atoms with E-state index in [-0.39, 0.29) is 11.8 Å². The van der Waals surface area contributed by atoms with Gasteiger partial charge in [0, 0.05) is 23.9 Å². The molecule has 2 aromatic carbocycles. The summed E-state index contributed by atoms with van der Waals surface area (Å²) in [5, 5.41) is 5.63. The van der Waals surface area contributed by atoms with Gasteiger partial charge >= 0.3 is 0 Å². The standard InChI is InChI=1S/C18H20N2O2/c1-11-9-12(2)17(13(3)10-11)20-18(22)15-5-7-16(8-6-15)19-14(4)21/h5-10H,1-4H3,(H,19,21)(H,20,22). The predicted octanol–water partition coefficient (Wildman–Crippen LogP) is 3.82. The number of carbonyl (C=O) groups is 2. The van der Waals surface area contributed by atoms with Gasteiger partial charge in [-0.1, -0.05) is 17.7 Å². The van der Waals surface area contributed by atoms with Crippen molar-refractivity contribution in [1.29, 1.82) is 0 Å². The first kappa shape index (κ1) is 15.8. The first-order chi connectivity index (χ1) is 10.4. The Morgan fingerprint density at radius 1 is 0.864 bits per heavy atom. The van der Waals surface area contributed by atoms with Gasteiger partial charge < -0.3 is 10.6 Å². The lowest BCUT2D eigenvalue weighted by molar-refractivity contribution is -0.114. The summed E-state index contributed by atoms with van der Waals surface area (Å²) in [6.45, 7) is 7.45. The Bertz CT molecular complexity index is 695. The summed E-state index contributed by atoms with van der Waals surface area (Å²) in [6, 6.07) is 10.9. The molecule has 0 atom stereocenters. The summed E-state index contributed by atoms with van der Waals surface area (Å²) < 4.78 is 0. The zero-order valence-corrected chi connectivity index (χ0v) is 13.3. The average molecular weight is 296 g/mol. The van der Waals surface area contributed by atoms with E-state index in [9.17, 15) is 9.59 Å². The molecule has 0 heterocycles. The molecule has 0 unspecified atom stereocenters. The molecule has 2 N–H and O–H groups in total. The van der Waals surface area contributed by atoms with Crippen LogP contribution in [0.4, 0.5) is 11.4 Å². The summed E-state index contributed by atoms with van der Waals surface area (Å²) in [4.78, 5) is 23.3. The number of rotatable bonds is 3. The van der Waals surface area contributed by atoms with E-state index in [1.807, 2.05) is 32.9 Å². The summed E-state index contributed by atoms with van der Waals surface area (Å²) in [5.41, 5.74) is 5.33. The molecule has 0 fully saturated rings. The molecule has 0 aliphatic heterocycles. The molecule has 2 amide bonds. The van der Waals surface area contributed by atoms with E-state index in [1.54, 1.807) is 24.3 Å². The highest BCUT2D eigenvalue weighted by Gasteiger charge is 2.10.